The summed E-state index contributed by atoms with van der Waals surface area (Å²) in [5, 5.41) is 0.979. The summed E-state index contributed by atoms with van der Waals surface area (Å²) in [5.74, 6) is -0.258. The van der Waals surface area contributed by atoms with E-state index in [1.165, 1.54) is 11.1 Å². The first-order chi connectivity index (χ1) is 11.0. The Hall–Kier alpha value is -2.07. The highest BCUT2D eigenvalue weighted by Gasteiger charge is 2.12. The number of furan rings is 1. The molecule has 0 saturated heterocycles. The SMILES string of the molecule is Cc1cc2occ(CC(=O)OCc3cccc(Br)c3)c2cc1C. The van der Waals surface area contributed by atoms with Crippen molar-refractivity contribution >= 4 is 32.9 Å². The minimum Gasteiger partial charge on any atom is -0.464 e. The van der Waals surface area contributed by atoms with Crippen LogP contribution in [0.5, 0.6) is 0 Å². The second kappa shape index (κ2) is 6.59. The van der Waals surface area contributed by atoms with Gasteiger partial charge in [-0.3, -0.25) is 4.79 Å². The van der Waals surface area contributed by atoms with Gasteiger partial charge in [-0.05, 0) is 54.8 Å². The van der Waals surface area contributed by atoms with Crippen LogP contribution >= 0.6 is 15.9 Å². The summed E-state index contributed by atoms with van der Waals surface area (Å²) in [6, 6.07) is 11.8. The van der Waals surface area contributed by atoms with Crippen LogP contribution in [0.2, 0.25) is 0 Å². The molecule has 3 nitrogen and oxygen atoms in total. The van der Waals surface area contributed by atoms with E-state index < -0.39 is 0 Å². The molecule has 2 aromatic carbocycles. The smallest absolute Gasteiger partial charge is 0.310 e. The second-order valence-electron chi connectivity index (χ2n) is 5.66. The van der Waals surface area contributed by atoms with Crippen molar-refractivity contribution in [2.45, 2.75) is 26.9 Å². The van der Waals surface area contributed by atoms with E-state index in [4.69, 9.17) is 9.15 Å². The minimum absolute atomic E-state index is 0.212. The highest BCUT2D eigenvalue weighted by atomic mass is 79.9. The summed E-state index contributed by atoms with van der Waals surface area (Å²) < 4.78 is 11.9. The number of carbonyl (C=O) groups is 1. The normalized spacial score (nSPS) is 10.9. The van der Waals surface area contributed by atoms with Crippen LogP contribution < -0.4 is 0 Å². The van der Waals surface area contributed by atoms with E-state index in [0.29, 0.717) is 0 Å². The zero-order chi connectivity index (χ0) is 16.4. The molecule has 0 amide bonds. The maximum Gasteiger partial charge on any atom is 0.310 e. The number of aryl methyl sites for hydroxylation is 2. The van der Waals surface area contributed by atoms with Gasteiger partial charge in [0.1, 0.15) is 12.2 Å². The zero-order valence-corrected chi connectivity index (χ0v) is 14.6. The van der Waals surface area contributed by atoms with Crippen LogP contribution in [0.4, 0.5) is 0 Å². The van der Waals surface area contributed by atoms with Crippen LogP contribution in [-0.2, 0) is 22.6 Å². The van der Waals surface area contributed by atoms with Crippen molar-refractivity contribution in [1.29, 1.82) is 0 Å². The Morgan fingerprint density at radius 2 is 1.96 bits per heavy atom. The molecule has 0 radical (unpaired) electrons. The number of rotatable bonds is 4. The van der Waals surface area contributed by atoms with E-state index in [-0.39, 0.29) is 19.0 Å². The number of carbonyl (C=O) groups excluding carboxylic acids is 1. The molecule has 0 unspecified atom stereocenters. The molecule has 0 aliphatic rings. The first kappa shape index (κ1) is 15.8. The Kier molecular flexibility index (Phi) is 4.53. The van der Waals surface area contributed by atoms with Crippen molar-refractivity contribution in [3.8, 4) is 0 Å². The lowest BCUT2D eigenvalue weighted by Gasteiger charge is -2.05. The molecule has 4 heteroatoms. The van der Waals surface area contributed by atoms with Crippen LogP contribution in [0.1, 0.15) is 22.3 Å². The van der Waals surface area contributed by atoms with Gasteiger partial charge in [0.2, 0.25) is 0 Å². The summed E-state index contributed by atoms with van der Waals surface area (Å²) in [7, 11) is 0. The number of hydrogen-bond acceptors (Lipinski definition) is 3. The Balaban J connectivity index is 1.69. The number of benzene rings is 2. The summed E-state index contributed by atoms with van der Waals surface area (Å²) in [6.07, 6.45) is 1.85. The van der Waals surface area contributed by atoms with Gasteiger partial charge in [-0.1, -0.05) is 28.1 Å². The molecule has 0 saturated carbocycles. The van der Waals surface area contributed by atoms with Crippen molar-refractivity contribution < 1.29 is 13.9 Å². The van der Waals surface area contributed by atoms with Crippen molar-refractivity contribution in [1.82, 2.24) is 0 Å². The number of halogens is 1. The maximum absolute atomic E-state index is 12.1. The lowest BCUT2D eigenvalue weighted by Crippen LogP contribution is -2.07. The number of fused-ring (bicyclic) bond motifs is 1. The zero-order valence-electron chi connectivity index (χ0n) is 13.1. The van der Waals surface area contributed by atoms with E-state index >= 15 is 0 Å². The average molecular weight is 373 g/mol. The standard InChI is InChI=1S/C19H17BrO3/c1-12-6-17-15(11-22-18(17)7-13(12)2)9-19(21)23-10-14-4-3-5-16(20)8-14/h3-8,11H,9-10H2,1-2H3. The van der Waals surface area contributed by atoms with Crippen molar-refractivity contribution in [3.05, 3.63) is 69.4 Å². The van der Waals surface area contributed by atoms with Crippen molar-refractivity contribution in [3.63, 3.8) is 0 Å². The summed E-state index contributed by atoms with van der Waals surface area (Å²) in [6.45, 7) is 4.37. The third-order valence-electron chi connectivity index (χ3n) is 3.89. The van der Waals surface area contributed by atoms with E-state index in [1.807, 2.05) is 37.3 Å². The van der Waals surface area contributed by atoms with Gasteiger partial charge < -0.3 is 9.15 Å². The van der Waals surface area contributed by atoms with Crippen LogP contribution in [0.15, 0.2) is 51.6 Å². The van der Waals surface area contributed by atoms with Gasteiger partial charge >= 0.3 is 5.97 Å². The van der Waals surface area contributed by atoms with Crippen LogP contribution in [-0.4, -0.2) is 5.97 Å². The van der Waals surface area contributed by atoms with Gasteiger partial charge in [-0.15, -0.1) is 0 Å². The monoisotopic (exact) mass is 372 g/mol. The third kappa shape index (κ3) is 3.64. The first-order valence-electron chi connectivity index (χ1n) is 7.40. The highest BCUT2D eigenvalue weighted by molar-refractivity contribution is 9.10. The topological polar surface area (TPSA) is 39.4 Å². The van der Waals surface area contributed by atoms with E-state index in [2.05, 4.69) is 28.9 Å². The first-order valence-corrected chi connectivity index (χ1v) is 8.19. The van der Waals surface area contributed by atoms with Crippen LogP contribution in [0.25, 0.3) is 11.0 Å². The fourth-order valence-electron chi connectivity index (χ4n) is 2.47. The van der Waals surface area contributed by atoms with Crippen LogP contribution in [0, 0.1) is 13.8 Å². The molecule has 0 aliphatic heterocycles. The predicted octanol–water partition coefficient (Wildman–Crippen LogP) is 5.10. The third-order valence-corrected chi connectivity index (χ3v) is 4.39. The van der Waals surface area contributed by atoms with Gasteiger partial charge in [-0.2, -0.15) is 0 Å². The van der Waals surface area contributed by atoms with E-state index in [1.54, 1.807) is 6.26 Å². The molecule has 118 valence electrons. The molecule has 1 heterocycles. The molecule has 0 spiro atoms. The summed E-state index contributed by atoms with van der Waals surface area (Å²) in [5.41, 5.74) is 4.99. The summed E-state index contributed by atoms with van der Waals surface area (Å²) in [4.78, 5) is 12.1. The van der Waals surface area contributed by atoms with Crippen LogP contribution in [0.3, 0.4) is 0 Å². The Morgan fingerprint density at radius 3 is 2.74 bits per heavy atom. The predicted molar refractivity (Wildman–Crippen MR) is 93.3 cm³/mol. The lowest BCUT2D eigenvalue weighted by atomic mass is 10.0. The molecular formula is C19H17BrO3. The Morgan fingerprint density at radius 1 is 1.17 bits per heavy atom. The van der Waals surface area contributed by atoms with Crippen molar-refractivity contribution in [2.24, 2.45) is 0 Å². The number of ether oxygens (including phenoxy) is 1. The highest BCUT2D eigenvalue weighted by Crippen LogP contribution is 2.25. The lowest BCUT2D eigenvalue weighted by molar-refractivity contribution is -0.144. The molecule has 0 bridgehead atoms. The van der Waals surface area contributed by atoms with Crippen molar-refractivity contribution in [2.75, 3.05) is 0 Å². The second-order valence-corrected chi connectivity index (χ2v) is 6.58. The van der Waals surface area contributed by atoms with Gasteiger partial charge in [-0.25, -0.2) is 0 Å². The molecule has 3 aromatic rings. The molecule has 0 aliphatic carbocycles. The fraction of sp³-hybridized carbons (Fsp3) is 0.211. The maximum atomic E-state index is 12.1. The Labute approximate surface area is 143 Å². The molecule has 3 rings (SSSR count). The van der Waals surface area contributed by atoms with E-state index in [9.17, 15) is 4.79 Å². The minimum atomic E-state index is -0.258. The fourth-order valence-corrected chi connectivity index (χ4v) is 2.92. The Bertz CT molecular complexity index is 864. The van der Waals surface area contributed by atoms with Gasteiger partial charge in [0.05, 0.1) is 12.7 Å². The molecule has 23 heavy (non-hydrogen) atoms. The molecular weight excluding hydrogens is 356 g/mol. The molecule has 0 atom stereocenters. The molecule has 1 aromatic heterocycles. The van der Waals surface area contributed by atoms with Gasteiger partial charge in [0.15, 0.2) is 0 Å². The van der Waals surface area contributed by atoms with Gasteiger partial charge in [0, 0.05) is 15.4 Å². The number of hydrogen-bond donors (Lipinski definition) is 0. The quantitative estimate of drug-likeness (QED) is 0.598. The molecule has 0 fully saturated rings. The number of esters is 1. The summed E-state index contributed by atoms with van der Waals surface area (Å²) >= 11 is 3.40. The average Bonchev–Trinajstić information content (AvgIpc) is 2.88. The largest absolute Gasteiger partial charge is 0.464 e. The molecule has 0 N–H and O–H groups in total. The van der Waals surface area contributed by atoms with E-state index in [0.717, 1.165) is 26.6 Å². The van der Waals surface area contributed by atoms with Gasteiger partial charge in [0.25, 0.3) is 0 Å².